The van der Waals surface area contributed by atoms with Crippen molar-refractivity contribution >= 4 is 34.9 Å². The number of carbonyl (C=O) groups excluding carboxylic acids is 3. The maximum absolute atomic E-state index is 12.6. The summed E-state index contributed by atoms with van der Waals surface area (Å²) in [6, 6.07) is 12.4. The molecular formula is C22H22N2O6S. The van der Waals surface area contributed by atoms with Gasteiger partial charge in [0.1, 0.15) is 5.75 Å². The Kier molecular flexibility index (Phi) is 7.19. The van der Waals surface area contributed by atoms with Crippen molar-refractivity contribution in [3.8, 4) is 17.2 Å². The lowest BCUT2D eigenvalue weighted by molar-refractivity contribution is -0.122. The zero-order valence-corrected chi connectivity index (χ0v) is 18.2. The van der Waals surface area contributed by atoms with Crippen LogP contribution in [0.2, 0.25) is 0 Å². The van der Waals surface area contributed by atoms with Gasteiger partial charge in [-0.05, 0) is 23.4 Å². The van der Waals surface area contributed by atoms with E-state index in [1.807, 2.05) is 30.3 Å². The number of nitrogens with one attached hydrogen (secondary N) is 1. The summed E-state index contributed by atoms with van der Waals surface area (Å²) in [5, 5.41) is 2.33. The molecule has 3 rings (SSSR count). The van der Waals surface area contributed by atoms with E-state index in [1.165, 1.54) is 27.4 Å². The van der Waals surface area contributed by atoms with Crippen molar-refractivity contribution in [3.63, 3.8) is 0 Å². The highest BCUT2D eigenvalue weighted by atomic mass is 32.2. The lowest BCUT2D eigenvalue weighted by atomic mass is 10.1. The number of ether oxygens (including phenoxy) is 3. The monoisotopic (exact) mass is 442 g/mol. The first-order chi connectivity index (χ1) is 15.0. The summed E-state index contributed by atoms with van der Waals surface area (Å²) in [6.45, 7) is 0.144. The number of hydrogen-bond donors (Lipinski definition) is 1. The van der Waals surface area contributed by atoms with E-state index in [4.69, 9.17) is 14.2 Å². The summed E-state index contributed by atoms with van der Waals surface area (Å²) >= 11 is 0.882. The number of rotatable bonds is 8. The fraction of sp³-hybridized carbons (Fsp3) is 0.227. The van der Waals surface area contributed by atoms with E-state index >= 15 is 0 Å². The second-order valence-electron chi connectivity index (χ2n) is 6.41. The molecule has 1 N–H and O–H groups in total. The third-order valence-electron chi connectivity index (χ3n) is 4.54. The van der Waals surface area contributed by atoms with Gasteiger partial charge in [-0.15, -0.1) is 0 Å². The van der Waals surface area contributed by atoms with Crippen LogP contribution < -0.4 is 19.5 Å². The van der Waals surface area contributed by atoms with Gasteiger partial charge in [0.25, 0.3) is 17.1 Å². The van der Waals surface area contributed by atoms with E-state index in [-0.39, 0.29) is 29.8 Å². The number of hydrogen-bond acceptors (Lipinski definition) is 7. The lowest BCUT2D eigenvalue weighted by Gasteiger charge is -2.15. The van der Waals surface area contributed by atoms with Gasteiger partial charge in [0.2, 0.25) is 0 Å². The predicted molar refractivity (Wildman–Crippen MR) is 118 cm³/mol. The van der Waals surface area contributed by atoms with E-state index in [2.05, 4.69) is 5.32 Å². The maximum atomic E-state index is 12.6. The summed E-state index contributed by atoms with van der Waals surface area (Å²) < 4.78 is 15.7. The minimum Gasteiger partial charge on any atom is -0.496 e. The Labute approximate surface area is 184 Å². The quantitative estimate of drug-likeness (QED) is 0.628. The molecule has 1 heterocycles. The van der Waals surface area contributed by atoms with Gasteiger partial charge in [0.05, 0.1) is 31.8 Å². The van der Waals surface area contributed by atoms with Gasteiger partial charge in [-0.25, -0.2) is 0 Å². The molecule has 8 nitrogen and oxygen atoms in total. The first-order valence-electron chi connectivity index (χ1n) is 9.37. The molecule has 0 spiro atoms. The molecule has 1 aliphatic rings. The van der Waals surface area contributed by atoms with Gasteiger partial charge in [-0.1, -0.05) is 30.3 Å². The Morgan fingerprint density at radius 1 is 1.00 bits per heavy atom. The smallest absolute Gasteiger partial charge is 0.293 e. The van der Waals surface area contributed by atoms with E-state index in [9.17, 15) is 14.4 Å². The van der Waals surface area contributed by atoms with Crippen LogP contribution in [-0.2, 0) is 4.79 Å². The van der Waals surface area contributed by atoms with E-state index in [1.54, 1.807) is 12.1 Å². The standard InChI is InChI=1S/C22H22N2O6S/c1-28-16-13-18(30-3)17(29-2)12-15(16)20(25)23-9-10-24-21(26)19(31-22(24)27)11-14-7-5-4-6-8-14/h4-8,11-13H,9-10H2,1-3H3,(H,23,25). The summed E-state index contributed by atoms with van der Waals surface area (Å²) in [5.41, 5.74) is 1.08. The number of methoxy groups -OCH3 is 3. The Morgan fingerprint density at radius 2 is 1.65 bits per heavy atom. The summed E-state index contributed by atoms with van der Waals surface area (Å²) in [7, 11) is 4.39. The van der Waals surface area contributed by atoms with Crippen LogP contribution >= 0.6 is 11.8 Å². The second kappa shape index (κ2) is 10.0. The molecule has 1 aliphatic heterocycles. The molecule has 0 aromatic heterocycles. The number of imide groups is 1. The first-order valence-corrected chi connectivity index (χ1v) is 10.2. The molecule has 0 atom stereocenters. The molecule has 31 heavy (non-hydrogen) atoms. The molecule has 0 aliphatic carbocycles. The van der Waals surface area contributed by atoms with Crippen LogP contribution in [0.25, 0.3) is 6.08 Å². The van der Waals surface area contributed by atoms with Crippen LogP contribution in [0.3, 0.4) is 0 Å². The van der Waals surface area contributed by atoms with Crippen molar-refractivity contribution in [2.24, 2.45) is 0 Å². The lowest BCUT2D eigenvalue weighted by Crippen LogP contribution is -2.37. The van der Waals surface area contributed by atoms with Crippen molar-refractivity contribution < 1.29 is 28.6 Å². The molecule has 3 amide bonds. The zero-order chi connectivity index (χ0) is 22.4. The van der Waals surface area contributed by atoms with Crippen molar-refractivity contribution in [2.45, 2.75) is 0 Å². The molecule has 0 radical (unpaired) electrons. The van der Waals surface area contributed by atoms with Gasteiger partial charge in [0.15, 0.2) is 11.5 Å². The van der Waals surface area contributed by atoms with E-state index in [0.717, 1.165) is 22.2 Å². The van der Waals surface area contributed by atoms with Gasteiger partial charge >= 0.3 is 0 Å². The van der Waals surface area contributed by atoms with E-state index < -0.39 is 5.91 Å². The zero-order valence-electron chi connectivity index (χ0n) is 17.3. The summed E-state index contributed by atoms with van der Waals surface area (Å²) in [4.78, 5) is 38.9. The molecule has 0 unspecified atom stereocenters. The Balaban J connectivity index is 1.65. The number of thioether (sulfide) groups is 1. The number of carbonyl (C=O) groups is 3. The van der Waals surface area contributed by atoms with Crippen molar-refractivity contribution in [3.05, 3.63) is 58.5 Å². The van der Waals surface area contributed by atoms with E-state index in [0.29, 0.717) is 22.2 Å². The largest absolute Gasteiger partial charge is 0.496 e. The third kappa shape index (κ3) is 5.00. The molecule has 2 aromatic rings. The highest BCUT2D eigenvalue weighted by Gasteiger charge is 2.34. The molecule has 1 fully saturated rings. The molecule has 2 aromatic carbocycles. The van der Waals surface area contributed by atoms with Crippen molar-refractivity contribution in [2.75, 3.05) is 34.4 Å². The maximum Gasteiger partial charge on any atom is 0.293 e. The van der Waals surface area contributed by atoms with Crippen LogP contribution in [0, 0.1) is 0 Å². The molecular weight excluding hydrogens is 420 g/mol. The van der Waals surface area contributed by atoms with Gasteiger partial charge in [0, 0.05) is 25.2 Å². The predicted octanol–water partition coefficient (Wildman–Crippen LogP) is 3.18. The minimum absolute atomic E-state index is 0.0537. The van der Waals surface area contributed by atoms with Crippen LogP contribution in [0.15, 0.2) is 47.4 Å². The highest BCUT2D eigenvalue weighted by molar-refractivity contribution is 8.18. The Morgan fingerprint density at radius 3 is 2.29 bits per heavy atom. The number of benzene rings is 2. The summed E-state index contributed by atoms with van der Waals surface area (Å²) in [6.07, 6.45) is 1.68. The van der Waals surface area contributed by atoms with Crippen molar-refractivity contribution in [1.82, 2.24) is 10.2 Å². The average Bonchev–Trinajstić information content (AvgIpc) is 3.05. The van der Waals surface area contributed by atoms with Gasteiger partial charge < -0.3 is 19.5 Å². The Bertz CT molecular complexity index is 1020. The van der Waals surface area contributed by atoms with Crippen LogP contribution in [-0.4, -0.2) is 56.4 Å². The fourth-order valence-electron chi connectivity index (χ4n) is 2.98. The molecule has 1 saturated heterocycles. The summed E-state index contributed by atoms with van der Waals surface area (Å²) in [5.74, 6) is 0.317. The van der Waals surface area contributed by atoms with Gasteiger partial charge in [-0.2, -0.15) is 0 Å². The van der Waals surface area contributed by atoms with Crippen LogP contribution in [0.5, 0.6) is 17.2 Å². The number of amides is 3. The average molecular weight is 442 g/mol. The fourth-order valence-corrected chi connectivity index (χ4v) is 3.84. The number of nitrogens with zero attached hydrogens (tertiary/aromatic N) is 1. The second-order valence-corrected chi connectivity index (χ2v) is 7.40. The third-order valence-corrected chi connectivity index (χ3v) is 5.45. The normalized spacial score (nSPS) is 14.7. The SMILES string of the molecule is COc1cc(OC)c(C(=O)NCCN2C(=O)SC(=Cc3ccccc3)C2=O)cc1OC. The molecule has 0 bridgehead atoms. The Hall–Kier alpha value is -3.46. The first kappa shape index (κ1) is 22.2. The van der Waals surface area contributed by atoms with Crippen LogP contribution in [0.1, 0.15) is 15.9 Å². The molecule has 162 valence electrons. The van der Waals surface area contributed by atoms with Crippen molar-refractivity contribution in [1.29, 1.82) is 0 Å². The molecule has 0 saturated carbocycles. The van der Waals surface area contributed by atoms with Crippen LogP contribution in [0.4, 0.5) is 4.79 Å². The van der Waals surface area contributed by atoms with Gasteiger partial charge in [-0.3, -0.25) is 19.3 Å². The molecule has 9 heteroatoms. The topological polar surface area (TPSA) is 94.2 Å². The minimum atomic E-state index is -0.426. The highest BCUT2D eigenvalue weighted by Crippen LogP contribution is 2.35.